The lowest BCUT2D eigenvalue weighted by molar-refractivity contribution is 0.0999. The van der Waals surface area contributed by atoms with Gasteiger partial charge in [-0.1, -0.05) is 6.07 Å². The van der Waals surface area contributed by atoms with Crippen LogP contribution in [0.2, 0.25) is 0 Å². The Morgan fingerprint density at radius 1 is 1.50 bits per heavy atom. The van der Waals surface area contributed by atoms with E-state index in [2.05, 4.69) is 10.0 Å². The number of nitrogens with two attached hydrogens (primary N) is 1. The van der Waals surface area contributed by atoms with Gasteiger partial charge in [-0.05, 0) is 50.0 Å². The van der Waals surface area contributed by atoms with E-state index in [1.54, 1.807) is 13.0 Å². The van der Waals surface area contributed by atoms with Crippen molar-refractivity contribution in [2.24, 2.45) is 11.7 Å². The van der Waals surface area contributed by atoms with Crippen LogP contribution in [0.4, 0.5) is 0 Å². The Labute approximate surface area is 118 Å². The molecule has 1 amide bonds. The molecule has 20 heavy (non-hydrogen) atoms. The summed E-state index contributed by atoms with van der Waals surface area (Å²) in [6.07, 6.45) is 0.961. The second-order valence-electron chi connectivity index (χ2n) is 5.05. The first kappa shape index (κ1) is 15.0. The van der Waals surface area contributed by atoms with Crippen molar-refractivity contribution in [3.05, 3.63) is 29.3 Å². The molecule has 1 unspecified atom stereocenters. The zero-order chi connectivity index (χ0) is 14.8. The summed E-state index contributed by atoms with van der Waals surface area (Å²) in [5, 5.41) is 3.18. The van der Waals surface area contributed by atoms with E-state index in [0.717, 1.165) is 19.5 Å². The number of primary amides is 1. The van der Waals surface area contributed by atoms with Gasteiger partial charge < -0.3 is 11.1 Å². The summed E-state index contributed by atoms with van der Waals surface area (Å²) in [7, 11) is -3.61. The van der Waals surface area contributed by atoms with Crippen LogP contribution in [-0.4, -0.2) is 34.0 Å². The smallest absolute Gasteiger partial charge is 0.249 e. The van der Waals surface area contributed by atoms with Gasteiger partial charge >= 0.3 is 0 Å². The van der Waals surface area contributed by atoms with E-state index < -0.39 is 15.9 Å². The van der Waals surface area contributed by atoms with Crippen molar-refractivity contribution in [2.45, 2.75) is 18.2 Å². The summed E-state index contributed by atoms with van der Waals surface area (Å²) < 4.78 is 27.0. The molecule has 0 saturated carbocycles. The van der Waals surface area contributed by atoms with Crippen molar-refractivity contribution in [1.29, 1.82) is 0 Å². The normalized spacial score (nSPS) is 19.1. The van der Waals surface area contributed by atoms with Crippen LogP contribution < -0.4 is 15.8 Å². The van der Waals surface area contributed by atoms with Crippen molar-refractivity contribution in [3.63, 3.8) is 0 Å². The number of rotatable bonds is 5. The number of hydrogen-bond acceptors (Lipinski definition) is 4. The number of aryl methyl sites for hydroxylation is 1. The van der Waals surface area contributed by atoms with Crippen LogP contribution >= 0.6 is 0 Å². The largest absolute Gasteiger partial charge is 0.366 e. The van der Waals surface area contributed by atoms with E-state index in [1.165, 1.54) is 12.1 Å². The van der Waals surface area contributed by atoms with Gasteiger partial charge in [-0.3, -0.25) is 4.79 Å². The number of amides is 1. The minimum Gasteiger partial charge on any atom is -0.366 e. The lowest BCUT2D eigenvalue weighted by Crippen LogP contribution is -2.30. The Balaban J connectivity index is 2.16. The van der Waals surface area contributed by atoms with Crippen LogP contribution in [0.25, 0.3) is 0 Å². The summed E-state index contributed by atoms with van der Waals surface area (Å²) in [5.74, 6) is -0.314. The third-order valence-corrected chi connectivity index (χ3v) is 4.93. The van der Waals surface area contributed by atoms with Crippen LogP contribution in [0.3, 0.4) is 0 Å². The van der Waals surface area contributed by atoms with Crippen molar-refractivity contribution in [1.82, 2.24) is 10.0 Å². The van der Waals surface area contributed by atoms with Gasteiger partial charge in [0.25, 0.3) is 0 Å². The van der Waals surface area contributed by atoms with E-state index in [1.807, 2.05) is 0 Å². The lowest BCUT2D eigenvalue weighted by atomic mass is 10.1. The van der Waals surface area contributed by atoms with Gasteiger partial charge in [0, 0.05) is 12.1 Å². The molecule has 1 aliphatic rings. The summed E-state index contributed by atoms with van der Waals surface area (Å²) in [4.78, 5) is 11.3. The van der Waals surface area contributed by atoms with Gasteiger partial charge in [0.05, 0.1) is 4.90 Å². The van der Waals surface area contributed by atoms with Crippen molar-refractivity contribution in [2.75, 3.05) is 19.6 Å². The molecule has 1 aliphatic heterocycles. The van der Waals surface area contributed by atoms with Gasteiger partial charge in [-0.15, -0.1) is 0 Å². The number of nitrogens with one attached hydrogen (secondary N) is 2. The fourth-order valence-corrected chi connectivity index (χ4v) is 3.38. The molecule has 0 radical (unpaired) electrons. The molecular formula is C13H19N3O3S. The number of hydrogen-bond donors (Lipinski definition) is 3. The van der Waals surface area contributed by atoms with Gasteiger partial charge in [0.1, 0.15) is 0 Å². The number of carbonyl (C=O) groups excluding carboxylic acids is 1. The molecule has 1 aromatic rings. The fraction of sp³-hybridized carbons (Fsp3) is 0.462. The Bertz CT molecular complexity index is 607. The molecular weight excluding hydrogens is 278 g/mol. The number of carbonyl (C=O) groups is 1. The Kier molecular flexibility index (Phi) is 4.42. The predicted octanol–water partition coefficient (Wildman–Crippen LogP) is -0.0183. The zero-order valence-corrected chi connectivity index (χ0v) is 12.2. The van der Waals surface area contributed by atoms with E-state index >= 15 is 0 Å². The molecule has 0 bridgehead atoms. The topological polar surface area (TPSA) is 101 Å². The summed E-state index contributed by atoms with van der Waals surface area (Å²) in [5.41, 5.74) is 6.13. The second-order valence-corrected chi connectivity index (χ2v) is 6.82. The Morgan fingerprint density at radius 2 is 2.25 bits per heavy atom. The SMILES string of the molecule is Cc1ccc(S(=O)(=O)NCC2CCNC2)cc1C(N)=O. The number of sulfonamides is 1. The Morgan fingerprint density at radius 3 is 2.85 bits per heavy atom. The fourth-order valence-electron chi connectivity index (χ4n) is 2.23. The molecule has 1 atom stereocenters. The van der Waals surface area contributed by atoms with Crippen molar-refractivity contribution in [3.8, 4) is 0 Å². The van der Waals surface area contributed by atoms with Crippen molar-refractivity contribution >= 4 is 15.9 Å². The average Bonchev–Trinajstić information content (AvgIpc) is 2.89. The Hall–Kier alpha value is -1.44. The zero-order valence-electron chi connectivity index (χ0n) is 11.3. The lowest BCUT2D eigenvalue weighted by Gasteiger charge is -2.12. The first-order valence-corrected chi connectivity index (χ1v) is 7.99. The van der Waals surface area contributed by atoms with E-state index in [4.69, 9.17) is 5.73 Å². The first-order valence-electron chi connectivity index (χ1n) is 6.51. The monoisotopic (exact) mass is 297 g/mol. The summed E-state index contributed by atoms with van der Waals surface area (Å²) in [6, 6.07) is 4.40. The molecule has 1 saturated heterocycles. The minimum atomic E-state index is -3.61. The molecule has 1 aromatic carbocycles. The molecule has 7 heteroatoms. The highest BCUT2D eigenvalue weighted by atomic mass is 32.2. The standard InChI is InChI=1S/C13H19N3O3S/c1-9-2-3-11(6-12(9)13(14)17)20(18,19)16-8-10-4-5-15-7-10/h2-3,6,10,15-16H,4-5,7-8H2,1H3,(H2,14,17). The highest BCUT2D eigenvalue weighted by Crippen LogP contribution is 2.16. The van der Waals surface area contributed by atoms with E-state index in [9.17, 15) is 13.2 Å². The van der Waals surface area contributed by atoms with Crippen molar-refractivity contribution < 1.29 is 13.2 Å². The molecule has 0 aliphatic carbocycles. The molecule has 0 aromatic heterocycles. The molecule has 1 fully saturated rings. The quantitative estimate of drug-likeness (QED) is 0.711. The summed E-state index contributed by atoms with van der Waals surface area (Å²) >= 11 is 0. The van der Waals surface area contributed by atoms with Crippen LogP contribution in [-0.2, 0) is 10.0 Å². The average molecular weight is 297 g/mol. The molecule has 6 nitrogen and oxygen atoms in total. The highest BCUT2D eigenvalue weighted by Gasteiger charge is 2.20. The number of benzene rings is 1. The van der Waals surface area contributed by atoms with Gasteiger partial charge in [0.15, 0.2) is 0 Å². The van der Waals surface area contributed by atoms with E-state index in [0.29, 0.717) is 18.0 Å². The maximum absolute atomic E-state index is 12.2. The van der Waals surface area contributed by atoms with Gasteiger partial charge in [-0.25, -0.2) is 13.1 Å². The van der Waals surface area contributed by atoms with Gasteiger partial charge in [0.2, 0.25) is 15.9 Å². The molecule has 2 rings (SSSR count). The highest BCUT2D eigenvalue weighted by molar-refractivity contribution is 7.89. The molecule has 0 spiro atoms. The maximum Gasteiger partial charge on any atom is 0.249 e. The predicted molar refractivity (Wildman–Crippen MR) is 75.9 cm³/mol. The maximum atomic E-state index is 12.2. The van der Waals surface area contributed by atoms with Crippen LogP contribution in [0.5, 0.6) is 0 Å². The third kappa shape index (κ3) is 3.36. The molecule has 4 N–H and O–H groups in total. The molecule has 1 heterocycles. The minimum absolute atomic E-state index is 0.0721. The molecule has 110 valence electrons. The third-order valence-electron chi connectivity index (χ3n) is 3.51. The van der Waals surface area contributed by atoms with Gasteiger partial charge in [-0.2, -0.15) is 0 Å². The first-order chi connectivity index (χ1) is 9.40. The van der Waals surface area contributed by atoms with Crippen LogP contribution in [0.1, 0.15) is 22.3 Å². The second kappa shape index (κ2) is 5.90. The van der Waals surface area contributed by atoms with Crippen LogP contribution in [0, 0.1) is 12.8 Å². The van der Waals surface area contributed by atoms with Crippen LogP contribution in [0.15, 0.2) is 23.1 Å². The summed E-state index contributed by atoms with van der Waals surface area (Å²) in [6.45, 7) is 3.86. The van der Waals surface area contributed by atoms with E-state index in [-0.39, 0.29) is 10.5 Å².